The normalized spacial score (nSPS) is 29.8. The lowest BCUT2D eigenvalue weighted by molar-refractivity contribution is 0.581. The van der Waals surface area contributed by atoms with Gasteiger partial charge in [-0.3, -0.25) is 4.99 Å². The first kappa shape index (κ1) is 9.11. The summed E-state index contributed by atoms with van der Waals surface area (Å²) in [5, 5.41) is 1.25. The lowest BCUT2D eigenvalue weighted by atomic mass is 10.1. The first-order valence-corrected chi connectivity index (χ1v) is 5.03. The molecule has 0 saturated carbocycles. The molecule has 1 radical (unpaired) electrons. The Balaban J connectivity index is 2.65. The minimum absolute atomic E-state index is 0.0720. The van der Waals surface area contributed by atoms with Gasteiger partial charge in [0.15, 0.2) is 0 Å². The number of hydrogen-bond acceptors (Lipinski definition) is 2. The van der Waals surface area contributed by atoms with Crippen molar-refractivity contribution in [1.82, 2.24) is 0 Å². The zero-order valence-corrected chi connectivity index (χ0v) is 8.37. The van der Waals surface area contributed by atoms with Crippen LogP contribution in [0, 0.1) is 12.8 Å². The maximum Gasteiger partial charge on any atom is 0.0713 e. The number of rotatable bonds is 0. The molecule has 0 aromatic rings. The van der Waals surface area contributed by atoms with E-state index in [1.165, 1.54) is 17.2 Å². The Hall–Kier alpha value is 0.0200. The van der Waals surface area contributed by atoms with Gasteiger partial charge in [0.1, 0.15) is 0 Å². The molecule has 63 valence electrons. The highest BCUT2D eigenvalue weighted by molar-refractivity contribution is 8.14. The molecule has 0 aliphatic carbocycles. The molecule has 2 heteroatoms. The Morgan fingerprint density at radius 2 is 2.18 bits per heavy atom. The van der Waals surface area contributed by atoms with Gasteiger partial charge >= 0.3 is 0 Å². The Morgan fingerprint density at radius 3 is 2.55 bits per heavy atom. The number of nitrogens with zero attached hydrogens (tertiary/aromatic N) is 1. The molecule has 1 aliphatic rings. The molecule has 0 aromatic carbocycles. The minimum atomic E-state index is 0.0720. The monoisotopic (exact) mass is 170 g/mol. The molecule has 11 heavy (non-hydrogen) atoms. The van der Waals surface area contributed by atoms with E-state index in [9.17, 15) is 0 Å². The number of hydrogen-bond donors (Lipinski definition) is 0. The summed E-state index contributed by atoms with van der Waals surface area (Å²) in [6.07, 6.45) is 1.19. The van der Waals surface area contributed by atoms with Gasteiger partial charge in [0.05, 0.1) is 10.6 Å². The number of aliphatic imine (C=N–C) groups is 1. The van der Waals surface area contributed by atoms with Crippen molar-refractivity contribution in [1.29, 1.82) is 0 Å². The summed E-state index contributed by atoms with van der Waals surface area (Å²) < 4.78 is 0. The Kier molecular flexibility index (Phi) is 2.63. The molecule has 1 unspecified atom stereocenters. The molecule has 1 saturated heterocycles. The van der Waals surface area contributed by atoms with Gasteiger partial charge in [-0.1, -0.05) is 0 Å². The zero-order chi connectivity index (χ0) is 8.48. The predicted octanol–water partition coefficient (Wildman–Crippen LogP) is 2.77. The Morgan fingerprint density at radius 1 is 1.55 bits per heavy atom. The van der Waals surface area contributed by atoms with Gasteiger partial charge in [-0.25, -0.2) is 0 Å². The first-order valence-electron chi connectivity index (χ1n) is 4.05. The molecular formula is C9H16NS. The highest BCUT2D eigenvalue weighted by Gasteiger charge is 2.21. The largest absolute Gasteiger partial charge is 0.277 e. The van der Waals surface area contributed by atoms with E-state index in [-0.39, 0.29) is 5.54 Å². The molecule has 1 nitrogen and oxygen atoms in total. The van der Waals surface area contributed by atoms with Gasteiger partial charge in [-0.2, -0.15) is 0 Å². The molecule has 0 bridgehead atoms. The summed E-state index contributed by atoms with van der Waals surface area (Å²) in [4.78, 5) is 4.61. The van der Waals surface area contributed by atoms with E-state index in [2.05, 4.69) is 32.7 Å². The van der Waals surface area contributed by atoms with Crippen LogP contribution in [-0.4, -0.2) is 16.3 Å². The van der Waals surface area contributed by atoms with Crippen LogP contribution in [0.3, 0.4) is 0 Å². The average Bonchev–Trinajstić information content (AvgIpc) is 2.12. The molecule has 0 spiro atoms. The summed E-state index contributed by atoms with van der Waals surface area (Å²) in [7, 11) is 0. The van der Waals surface area contributed by atoms with Crippen LogP contribution >= 0.6 is 11.8 Å². The molecule has 0 amide bonds. The van der Waals surface area contributed by atoms with Crippen LogP contribution in [0.4, 0.5) is 0 Å². The van der Waals surface area contributed by atoms with Crippen molar-refractivity contribution < 1.29 is 0 Å². The maximum absolute atomic E-state index is 4.61. The highest BCUT2D eigenvalue weighted by atomic mass is 32.2. The average molecular weight is 170 g/mol. The van der Waals surface area contributed by atoms with Crippen LogP contribution in [0.25, 0.3) is 0 Å². The summed E-state index contributed by atoms with van der Waals surface area (Å²) in [5.74, 6) is 1.66. The fraction of sp³-hybridized carbons (Fsp3) is 0.778. The van der Waals surface area contributed by atoms with E-state index in [0.717, 1.165) is 0 Å². The highest BCUT2D eigenvalue weighted by Crippen LogP contribution is 2.28. The van der Waals surface area contributed by atoms with Gasteiger partial charge in [-0.15, -0.1) is 11.8 Å². The van der Waals surface area contributed by atoms with Crippen molar-refractivity contribution in [3.63, 3.8) is 0 Å². The molecule has 1 atom stereocenters. The lowest BCUT2D eigenvalue weighted by Crippen LogP contribution is -2.14. The minimum Gasteiger partial charge on any atom is -0.277 e. The van der Waals surface area contributed by atoms with Crippen molar-refractivity contribution in [2.75, 3.05) is 5.75 Å². The second kappa shape index (κ2) is 3.18. The number of thioether (sulfide) groups is 1. The van der Waals surface area contributed by atoms with Crippen LogP contribution in [0.2, 0.25) is 0 Å². The third kappa shape index (κ3) is 2.86. The third-order valence-corrected chi connectivity index (χ3v) is 2.67. The molecule has 0 N–H and O–H groups in total. The van der Waals surface area contributed by atoms with Gasteiger partial charge in [0.2, 0.25) is 0 Å². The molecule has 1 fully saturated rings. The fourth-order valence-corrected chi connectivity index (χ4v) is 2.30. The van der Waals surface area contributed by atoms with Crippen molar-refractivity contribution >= 4 is 16.8 Å². The fourth-order valence-electron chi connectivity index (χ4n) is 1.00. The SMILES string of the molecule is [CH2]C1CCSC1=NC(C)(C)C. The lowest BCUT2D eigenvalue weighted by Gasteiger charge is -2.14. The smallest absolute Gasteiger partial charge is 0.0713 e. The van der Waals surface area contributed by atoms with E-state index < -0.39 is 0 Å². The van der Waals surface area contributed by atoms with E-state index in [1.54, 1.807) is 0 Å². The van der Waals surface area contributed by atoms with E-state index >= 15 is 0 Å². The Bertz CT molecular complexity index is 167. The second-order valence-corrected chi connectivity index (χ2v) is 5.07. The van der Waals surface area contributed by atoms with E-state index in [0.29, 0.717) is 5.92 Å². The van der Waals surface area contributed by atoms with E-state index in [1.807, 2.05) is 11.8 Å². The van der Waals surface area contributed by atoms with Crippen molar-refractivity contribution in [2.24, 2.45) is 10.9 Å². The van der Waals surface area contributed by atoms with Crippen LogP contribution in [0.15, 0.2) is 4.99 Å². The van der Waals surface area contributed by atoms with Crippen LogP contribution in [-0.2, 0) is 0 Å². The quantitative estimate of drug-likeness (QED) is 0.544. The Labute approximate surface area is 73.7 Å². The van der Waals surface area contributed by atoms with Gasteiger partial charge in [-0.05, 0) is 39.9 Å². The van der Waals surface area contributed by atoms with Gasteiger partial charge < -0.3 is 0 Å². The van der Waals surface area contributed by atoms with Crippen LogP contribution in [0.1, 0.15) is 27.2 Å². The standard InChI is InChI=1S/C9H16NS/c1-7-5-6-11-8(7)10-9(2,3)4/h7H,1,5-6H2,2-4H3. The van der Waals surface area contributed by atoms with Crippen LogP contribution in [0.5, 0.6) is 0 Å². The maximum atomic E-state index is 4.61. The summed E-state index contributed by atoms with van der Waals surface area (Å²) in [5.41, 5.74) is 0.0720. The van der Waals surface area contributed by atoms with Crippen molar-refractivity contribution in [3.8, 4) is 0 Å². The summed E-state index contributed by atoms with van der Waals surface area (Å²) in [6.45, 7) is 10.4. The molecule has 1 rings (SSSR count). The van der Waals surface area contributed by atoms with Gasteiger partial charge in [0, 0.05) is 5.92 Å². The summed E-state index contributed by atoms with van der Waals surface area (Å²) >= 11 is 1.86. The third-order valence-electron chi connectivity index (χ3n) is 1.51. The zero-order valence-electron chi connectivity index (χ0n) is 7.55. The predicted molar refractivity (Wildman–Crippen MR) is 53.1 cm³/mol. The van der Waals surface area contributed by atoms with E-state index in [4.69, 9.17) is 0 Å². The van der Waals surface area contributed by atoms with Crippen molar-refractivity contribution in [3.05, 3.63) is 6.92 Å². The molecule has 0 aromatic heterocycles. The van der Waals surface area contributed by atoms with Crippen LogP contribution < -0.4 is 0 Å². The molecule has 1 heterocycles. The molecular weight excluding hydrogens is 154 g/mol. The summed E-state index contributed by atoms with van der Waals surface area (Å²) in [6, 6.07) is 0. The topological polar surface area (TPSA) is 12.4 Å². The first-order chi connectivity index (χ1) is 4.99. The second-order valence-electron chi connectivity index (χ2n) is 3.95. The molecule has 1 aliphatic heterocycles. The van der Waals surface area contributed by atoms with Gasteiger partial charge in [0.25, 0.3) is 0 Å². The van der Waals surface area contributed by atoms with Crippen molar-refractivity contribution in [2.45, 2.75) is 32.7 Å².